The lowest BCUT2D eigenvalue weighted by atomic mass is 10.1. The SMILES string of the molecule is CN(C)CCCNC(=O)c1cc(NC(=O)c2ccc(O)c(N)c2)cc(C(=O)NCCCN(C)C)c1. The molecule has 0 radical (unpaired) electrons. The minimum Gasteiger partial charge on any atom is -0.506 e. The molecule has 6 N–H and O–H groups in total. The maximum Gasteiger partial charge on any atom is 0.255 e. The second-order valence-corrected chi connectivity index (χ2v) is 8.85. The first-order valence-corrected chi connectivity index (χ1v) is 11.5. The number of carbonyl (C=O) groups is 3. The third-order valence-corrected chi connectivity index (χ3v) is 5.14. The number of nitrogens with one attached hydrogen (secondary N) is 3. The summed E-state index contributed by atoms with van der Waals surface area (Å²) >= 11 is 0. The van der Waals surface area contributed by atoms with Crippen molar-refractivity contribution in [2.75, 3.05) is 65.4 Å². The van der Waals surface area contributed by atoms with Gasteiger partial charge in [0.25, 0.3) is 17.7 Å². The first-order valence-electron chi connectivity index (χ1n) is 11.5. The topological polar surface area (TPSA) is 140 Å². The molecule has 0 bridgehead atoms. The molecule has 0 saturated carbocycles. The van der Waals surface area contributed by atoms with Crippen molar-refractivity contribution in [3.63, 3.8) is 0 Å². The van der Waals surface area contributed by atoms with Crippen molar-refractivity contribution >= 4 is 29.1 Å². The van der Waals surface area contributed by atoms with Gasteiger partial charge >= 0.3 is 0 Å². The molecule has 2 rings (SSSR count). The number of aromatic hydroxyl groups is 1. The van der Waals surface area contributed by atoms with Crippen LogP contribution < -0.4 is 21.7 Å². The number of nitrogens with two attached hydrogens (primary N) is 1. The average Bonchev–Trinajstić information content (AvgIpc) is 2.80. The van der Waals surface area contributed by atoms with E-state index in [2.05, 4.69) is 16.0 Å². The standard InChI is InChI=1S/C25H36N6O4/c1-30(2)11-5-9-27-23(33)18-13-19(24(34)28-10-6-12-31(3)4)15-20(14-18)29-25(35)17-7-8-22(32)21(26)16-17/h7-8,13-16,32H,5-6,9-12,26H2,1-4H3,(H,27,33)(H,28,34)(H,29,35). The molecule has 0 heterocycles. The van der Waals surface area contributed by atoms with Crippen LogP contribution in [0.4, 0.5) is 11.4 Å². The summed E-state index contributed by atoms with van der Waals surface area (Å²) < 4.78 is 0. The molecule has 35 heavy (non-hydrogen) atoms. The number of phenolic OH excluding ortho intramolecular Hbond substituents is 1. The van der Waals surface area contributed by atoms with E-state index < -0.39 is 5.91 Å². The largest absolute Gasteiger partial charge is 0.506 e. The molecule has 0 spiro atoms. The molecule has 0 atom stereocenters. The third kappa shape index (κ3) is 9.26. The Labute approximate surface area is 206 Å². The highest BCUT2D eigenvalue weighted by molar-refractivity contribution is 6.07. The molecule has 0 saturated heterocycles. The number of amides is 3. The summed E-state index contributed by atoms with van der Waals surface area (Å²) in [6.45, 7) is 2.61. The molecule has 0 aliphatic rings. The fourth-order valence-electron chi connectivity index (χ4n) is 3.26. The number of hydrogen-bond acceptors (Lipinski definition) is 7. The monoisotopic (exact) mass is 484 g/mol. The van der Waals surface area contributed by atoms with Crippen LogP contribution in [0.5, 0.6) is 5.75 Å². The predicted molar refractivity (Wildman–Crippen MR) is 138 cm³/mol. The second kappa shape index (κ2) is 13.3. The molecule has 0 aliphatic carbocycles. The Bertz CT molecular complexity index is 992. The van der Waals surface area contributed by atoms with Crippen LogP contribution in [0.1, 0.15) is 43.9 Å². The van der Waals surface area contributed by atoms with Crippen molar-refractivity contribution in [3.05, 3.63) is 53.1 Å². The van der Waals surface area contributed by atoms with Gasteiger partial charge in [0.05, 0.1) is 5.69 Å². The minimum atomic E-state index is -0.488. The van der Waals surface area contributed by atoms with E-state index in [1.54, 1.807) is 0 Å². The second-order valence-electron chi connectivity index (χ2n) is 8.85. The molecule has 2 aromatic rings. The van der Waals surface area contributed by atoms with Crippen LogP contribution in [0.25, 0.3) is 0 Å². The Morgan fingerprint density at radius 2 is 1.29 bits per heavy atom. The number of anilines is 2. The Hall–Kier alpha value is -3.63. The molecule has 0 aliphatic heterocycles. The first kappa shape index (κ1) is 27.6. The molecule has 0 fully saturated rings. The van der Waals surface area contributed by atoms with Crippen molar-refractivity contribution in [2.24, 2.45) is 0 Å². The van der Waals surface area contributed by atoms with Crippen LogP contribution in [0.3, 0.4) is 0 Å². The van der Waals surface area contributed by atoms with E-state index in [9.17, 15) is 19.5 Å². The highest BCUT2D eigenvalue weighted by atomic mass is 16.3. The molecule has 0 aromatic heterocycles. The van der Waals surface area contributed by atoms with Crippen molar-refractivity contribution in [1.29, 1.82) is 0 Å². The molecular weight excluding hydrogens is 448 g/mol. The summed E-state index contributed by atoms with van der Waals surface area (Å²) in [7, 11) is 7.83. The van der Waals surface area contributed by atoms with Gasteiger partial charge in [-0.2, -0.15) is 0 Å². The molecule has 190 valence electrons. The van der Waals surface area contributed by atoms with Crippen LogP contribution in [-0.4, -0.2) is 87.0 Å². The van der Waals surface area contributed by atoms with Gasteiger partial charge in [0.2, 0.25) is 0 Å². The number of nitrogen functional groups attached to an aromatic ring is 1. The van der Waals surface area contributed by atoms with Crippen molar-refractivity contribution in [1.82, 2.24) is 20.4 Å². The third-order valence-electron chi connectivity index (χ3n) is 5.14. The lowest BCUT2D eigenvalue weighted by Crippen LogP contribution is -2.29. The number of rotatable bonds is 12. The van der Waals surface area contributed by atoms with Gasteiger partial charge in [-0.3, -0.25) is 14.4 Å². The van der Waals surface area contributed by atoms with Gasteiger partial charge in [-0.1, -0.05) is 0 Å². The highest BCUT2D eigenvalue weighted by Crippen LogP contribution is 2.22. The molecular formula is C25H36N6O4. The maximum atomic E-state index is 12.8. The van der Waals surface area contributed by atoms with Gasteiger partial charge in [-0.25, -0.2) is 0 Å². The van der Waals surface area contributed by atoms with Crippen LogP contribution in [-0.2, 0) is 0 Å². The molecule has 2 aromatic carbocycles. The Kier molecular flexibility index (Phi) is 10.5. The quantitative estimate of drug-likeness (QED) is 0.175. The van der Waals surface area contributed by atoms with Crippen molar-refractivity contribution in [2.45, 2.75) is 12.8 Å². The fraction of sp³-hybridized carbons (Fsp3) is 0.400. The first-order chi connectivity index (χ1) is 16.6. The number of nitrogens with zero attached hydrogens (tertiary/aromatic N) is 2. The lowest BCUT2D eigenvalue weighted by molar-refractivity contribution is 0.0950. The van der Waals surface area contributed by atoms with Crippen molar-refractivity contribution in [3.8, 4) is 5.75 Å². The van der Waals surface area contributed by atoms with E-state index in [0.29, 0.717) is 18.8 Å². The summed E-state index contributed by atoms with van der Waals surface area (Å²) in [4.78, 5) is 42.3. The fourth-order valence-corrected chi connectivity index (χ4v) is 3.26. The minimum absolute atomic E-state index is 0.0706. The van der Waals surface area contributed by atoms with Gasteiger partial charge in [-0.05, 0) is 90.5 Å². The lowest BCUT2D eigenvalue weighted by Gasteiger charge is -2.14. The van der Waals surface area contributed by atoms with Gasteiger partial charge in [0.1, 0.15) is 5.75 Å². The predicted octanol–water partition coefficient (Wildman–Crippen LogP) is 1.59. The highest BCUT2D eigenvalue weighted by Gasteiger charge is 2.15. The van der Waals surface area contributed by atoms with E-state index >= 15 is 0 Å². The Morgan fingerprint density at radius 3 is 1.74 bits per heavy atom. The summed E-state index contributed by atoms with van der Waals surface area (Å²) in [5, 5.41) is 18.0. The Balaban J connectivity index is 2.21. The van der Waals surface area contributed by atoms with E-state index in [0.717, 1.165) is 25.9 Å². The zero-order valence-electron chi connectivity index (χ0n) is 20.9. The van der Waals surface area contributed by atoms with E-state index in [-0.39, 0.29) is 39.9 Å². The van der Waals surface area contributed by atoms with E-state index in [4.69, 9.17) is 5.73 Å². The summed E-state index contributed by atoms with van der Waals surface area (Å²) in [5.74, 6) is -1.29. The molecule has 10 heteroatoms. The number of benzene rings is 2. The maximum absolute atomic E-state index is 12.8. The van der Waals surface area contributed by atoms with E-state index in [1.807, 2.05) is 38.0 Å². The van der Waals surface area contributed by atoms with Gasteiger partial charge < -0.3 is 36.6 Å². The molecule has 3 amide bonds. The normalized spacial score (nSPS) is 10.9. The smallest absolute Gasteiger partial charge is 0.255 e. The summed E-state index contributed by atoms with van der Waals surface area (Å²) in [6, 6.07) is 8.66. The van der Waals surface area contributed by atoms with Crippen LogP contribution in [0.2, 0.25) is 0 Å². The summed E-state index contributed by atoms with van der Waals surface area (Å²) in [5.41, 5.74) is 6.81. The summed E-state index contributed by atoms with van der Waals surface area (Å²) in [6.07, 6.45) is 1.55. The van der Waals surface area contributed by atoms with Gasteiger partial charge in [0, 0.05) is 35.5 Å². The van der Waals surface area contributed by atoms with Crippen LogP contribution >= 0.6 is 0 Å². The Morgan fingerprint density at radius 1 is 0.771 bits per heavy atom. The van der Waals surface area contributed by atoms with Gasteiger partial charge in [-0.15, -0.1) is 0 Å². The zero-order chi connectivity index (χ0) is 26.0. The molecule has 10 nitrogen and oxygen atoms in total. The zero-order valence-corrected chi connectivity index (χ0v) is 20.9. The number of phenols is 1. The number of carbonyl (C=O) groups excluding carboxylic acids is 3. The van der Waals surface area contributed by atoms with Gasteiger partial charge in [0.15, 0.2) is 0 Å². The molecule has 0 unspecified atom stereocenters. The van der Waals surface area contributed by atoms with Crippen LogP contribution in [0.15, 0.2) is 36.4 Å². The number of hydrogen-bond donors (Lipinski definition) is 5. The van der Waals surface area contributed by atoms with Crippen molar-refractivity contribution < 1.29 is 19.5 Å². The average molecular weight is 485 g/mol. The van der Waals surface area contributed by atoms with Crippen LogP contribution in [0, 0.1) is 0 Å². The van der Waals surface area contributed by atoms with E-state index in [1.165, 1.54) is 36.4 Å².